The van der Waals surface area contributed by atoms with E-state index >= 15 is 0 Å². The number of anilines is 3. The van der Waals surface area contributed by atoms with Crippen LogP contribution in [0.2, 0.25) is 0 Å². The summed E-state index contributed by atoms with van der Waals surface area (Å²) in [5.41, 5.74) is 1.41. The van der Waals surface area contributed by atoms with Crippen molar-refractivity contribution in [1.82, 2.24) is 15.6 Å². The molecular weight excluding hydrogens is 566 g/mol. The first-order chi connectivity index (χ1) is 20.6. The van der Waals surface area contributed by atoms with Gasteiger partial charge in [0.05, 0.1) is 27.3 Å². The number of urea groups is 1. The van der Waals surface area contributed by atoms with E-state index in [-0.39, 0.29) is 18.1 Å². The van der Waals surface area contributed by atoms with Crippen LogP contribution in [-0.2, 0) is 4.74 Å². The molecule has 0 bridgehead atoms. The third-order valence-electron chi connectivity index (χ3n) is 7.44. The number of aliphatic hydroxyl groups excluding tert-OH is 1. The lowest BCUT2D eigenvalue weighted by Gasteiger charge is -2.32. The topological polar surface area (TPSA) is 125 Å². The number of para-hydroxylation sites is 1. The highest BCUT2D eigenvalue weighted by molar-refractivity contribution is 7.19. The first-order valence-electron chi connectivity index (χ1n) is 14.4. The molecule has 1 aliphatic carbocycles. The van der Waals surface area contributed by atoms with Gasteiger partial charge in [0.2, 0.25) is 0 Å². The summed E-state index contributed by atoms with van der Waals surface area (Å²) in [4.78, 5) is 33.1. The maximum Gasteiger partial charge on any atom is 0.407 e. The Morgan fingerprint density at radius 2 is 1.70 bits per heavy atom. The van der Waals surface area contributed by atoms with Gasteiger partial charge in [-0.15, -0.1) is 11.3 Å². The molecule has 11 heteroatoms. The molecule has 1 atom stereocenters. The number of hydrogen-bond donors (Lipinski definition) is 4. The maximum atomic E-state index is 13.5. The highest BCUT2D eigenvalue weighted by Gasteiger charge is 2.34. The minimum absolute atomic E-state index is 0.0338. The fourth-order valence-electron chi connectivity index (χ4n) is 5.52. The molecule has 2 aromatic heterocycles. The number of carbonyl (C=O) groups excluding carboxylic acids is 2. The molecule has 4 aromatic rings. The summed E-state index contributed by atoms with van der Waals surface area (Å²) in [6.45, 7) is 5.52. The Bertz CT molecular complexity index is 1610. The molecule has 0 spiro atoms. The van der Waals surface area contributed by atoms with Gasteiger partial charge in [-0.25, -0.2) is 14.6 Å². The quantitative estimate of drug-likeness (QED) is 0.165. The Balaban J connectivity index is 1.15. The number of pyridine rings is 1. The molecular formula is C32H35N5O5S. The monoisotopic (exact) mass is 601 g/mol. The van der Waals surface area contributed by atoms with E-state index in [1.54, 1.807) is 11.1 Å². The van der Waals surface area contributed by atoms with Crippen LogP contribution in [0.15, 0.2) is 66.9 Å². The van der Waals surface area contributed by atoms with Gasteiger partial charge in [0.25, 0.3) is 0 Å². The van der Waals surface area contributed by atoms with Crippen LogP contribution in [0.25, 0.3) is 10.2 Å². The predicted molar refractivity (Wildman–Crippen MR) is 167 cm³/mol. The number of aliphatic hydroxyl groups is 1. The molecule has 0 radical (unpaired) electrons. The smallest absolute Gasteiger partial charge is 0.407 e. The Labute approximate surface area is 254 Å². The molecule has 224 valence electrons. The summed E-state index contributed by atoms with van der Waals surface area (Å²) >= 11 is 1.36. The van der Waals surface area contributed by atoms with E-state index in [0.29, 0.717) is 27.7 Å². The summed E-state index contributed by atoms with van der Waals surface area (Å²) < 4.78 is 11.3. The van der Waals surface area contributed by atoms with Crippen molar-refractivity contribution in [2.45, 2.75) is 70.4 Å². The lowest BCUT2D eigenvalue weighted by molar-refractivity contribution is 0.0482. The fraction of sp³-hybridized carbons (Fsp3) is 0.344. The average Bonchev–Trinajstić information content (AvgIpc) is 3.34. The summed E-state index contributed by atoms with van der Waals surface area (Å²) in [5, 5.41) is 21.3. The maximum absolute atomic E-state index is 13.5. The second-order valence-corrected chi connectivity index (χ2v) is 12.8. The Morgan fingerprint density at radius 1 is 1.02 bits per heavy atom. The molecule has 6 rings (SSSR count). The van der Waals surface area contributed by atoms with Crippen molar-refractivity contribution in [2.75, 3.05) is 10.2 Å². The molecule has 0 saturated heterocycles. The van der Waals surface area contributed by atoms with Crippen molar-refractivity contribution in [3.05, 3.63) is 71.7 Å². The number of thiophene rings is 1. The van der Waals surface area contributed by atoms with E-state index in [0.717, 1.165) is 41.6 Å². The third-order valence-corrected chi connectivity index (χ3v) is 8.59. The number of amides is 3. The number of alkyl carbamates (subject to hydrolysis) is 1. The lowest BCUT2D eigenvalue weighted by atomic mass is 9.91. The highest BCUT2D eigenvalue weighted by atomic mass is 32.1. The molecule has 1 unspecified atom stereocenters. The summed E-state index contributed by atoms with van der Waals surface area (Å²) in [5.74, 6) is 1.39. The molecule has 1 saturated carbocycles. The number of benzene rings is 2. The van der Waals surface area contributed by atoms with Gasteiger partial charge in [-0.2, -0.15) is 0 Å². The van der Waals surface area contributed by atoms with Crippen LogP contribution in [0.1, 0.15) is 57.6 Å². The van der Waals surface area contributed by atoms with Crippen LogP contribution in [0.3, 0.4) is 0 Å². The number of ether oxygens (including phenoxy) is 2. The number of aromatic nitrogens is 1. The zero-order valence-electron chi connectivity index (χ0n) is 24.3. The van der Waals surface area contributed by atoms with Crippen molar-refractivity contribution in [2.24, 2.45) is 0 Å². The normalized spacial score (nSPS) is 19.1. The van der Waals surface area contributed by atoms with Gasteiger partial charge in [-0.05, 0) is 88.9 Å². The molecule has 4 N–H and O–H groups in total. The molecule has 1 fully saturated rings. The lowest BCUT2D eigenvalue weighted by Crippen LogP contribution is -2.44. The van der Waals surface area contributed by atoms with Crippen LogP contribution in [0, 0.1) is 0 Å². The molecule has 43 heavy (non-hydrogen) atoms. The van der Waals surface area contributed by atoms with Crippen LogP contribution in [0.4, 0.5) is 26.7 Å². The minimum atomic E-state index is -0.983. The first-order valence-corrected chi connectivity index (χ1v) is 15.3. The molecule has 2 aromatic carbocycles. The van der Waals surface area contributed by atoms with E-state index in [1.165, 1.54) is 11.3 Å². The Morgan fingerprint density at radius 3 is 2.40 bits per heavy atom. The van der Waals surface area contributed by atoms with E-state index in [4.69, 9.17) is 9.47 Å². The zero-order valence-corrected chi connectivity index (χ0v) is 25.1. The zero-order chi connectivity index (χ0) is 30.1. The van der Waals surface area contributed by atoms with Crippen LogP contribution >= 0.6 is 11.3 Å². The van der Waals surface area contributed by atoms with Gasteiger partial charge in [-0.3, -0.25) is 10.2 Å². The van der Waals surface area contributed by atoms with Gasteiger partial charge in [0, 0.05) is 18.3 Å². The standard InChI is InChI=1S/C32H35N5O5S/c1-32(2,3)42-31(40)35-20-11-9-19(10-12-20)34-28(38)27-26-25-24(17-18-33-29(25)43-27)37(30(39)36-26)21-13-15-23(16-14-21)41-22-7-5-4-6-8-22/h4-8,13-20,28,34,38H,9-12H2,1-3H3,(H,35,40)(H,36,39)/t19-,20+,28?. The molecule has 1 aliphatic heterocycles. The van der Waals surface area contributed by atoms with Gasteiger partial charge in [0.15, 0.2) is 0 Å². The second-order valence-electron chi connectivity index (χ2n) is 11.8. The number of nitrogens with one attached hydrogen (secondary N) is 3. The number of rotatable bonds is 7. The van der Waals surface area contributed by atoms with Crippen molar-refractivity contribution < 1.29 is 24.2 Å². The first kappa shape index (κ1) is 28.9. The van der Waals surface area contributed by atoms with Gasteiger partial charge in [-0.1, -0.05) is 18.2 Å². The largest absolute Gasteiger partial charge is 0.457 e. The van der Waals surface area contributed by atoms with Crippen LogP contribution in [-0.4, -0.2) is 39.9 Å². The van der Waals surface area contributed by atoms with Gasteiger partial charge >= 0.3 is 12.1 Å². The van der Waals surface area contributed by atoms with E-state index in [9.17, 15) is 14.7 Å². The highest BCUT2D eigenvalue weighted by Crippen LogP contribution is 2.47. The fourth-order valence-corrected chi connectivity index (χ4v) is 6.59. The van der Waals surface area contributed by atoms with Crippen molar-refractivity contribution >= 4 is 50.7 Å². The Hall–Kier alpha value is -4.19. The van der Waals surface area contributed by atoms with E-state index in [1.807, 2.05) is 81.4 Å². The number of carbonyl (C=O) groups is 2. The summed E-state index contributed by atoms with van der Waals surface area (Å²) in [6.07, 6.45) is 3.40. The minimum Gasteiger partial charge on any atom is -0.457 e. The van der Waals surface area contributed by atoms with Crippen molar-refractivity contribution in [1.29, 1.82) is 0 Å². The molecule has 10 nitrogen and oxygen atoms in total. The SMILES string of the molecule is CC(C)(C)OC(=O)N[C@H]1CC[C@@H](NC(O)c2sc3nccc4c3c2NC(=O)N4c2ccc(Oc3ccccc3)cc2)CC1. The van der Waals surface area contributed by atoms with Gasteiger partial charge < -0.3 is 25.2 Å². The predicted octanol–water partition coefficient (Wildman–Crippen LogP) is 7.19. The number of hydrogen-bond acceptors (Lipinski definition) is 8. The molecule has 3 amide bonds. The van der Waals surface area contributed by atoms with E-state index in [2.05, 4.69) is 20.9 Å². The molecule has 2 aliphatic rings. The van der Waals surface area contributed by atoms with Crippen LogP contribution < -0.4 is 25.6 Å². The molecule has 3 heterocycles. The third kappa shape index (κ3) is 6.43. The summed E-state index contributed by atoms with van der Waals surface area (Å²) in [7, 11) is 0. The van der Waals surface area contributed by atoms with Crippen LogP contribution in [0.5, 0.6) is 11.5 Å². The van der Waals surface area contributed by atoms with Crippen molar-refractivity contribution in [3.63, 3.8) is 0 Å². The summed E-state index contributed by atoms with van der Waals surface area (Å²) in [6, 6.07) is 18.4. The van der Waals surface area contributed by atoms with Gasteiger partial charge in [0.1, 0.15) is 28.2 Å². The average molecular weight is 602 g/mol. The van der Waals surface area contributed by atoms with Crippen molar-refractivity contribution in [3.8, 4) is 11.5 Å². The second kappa shape index (κ2) is 11.8. The van der Waals surface area contributed by atoms with E-state index < -0.39 is 17.9 Å². The number of nitrogens with zero attached hydrogens (tertiary/aromatic N) is 2. The Kier molecular flexibility index (Phi) is 7.95.